The summed E-state index contributed by atoms with van der Waals surface area (Å²) >= 11 is 0. The molecule has 0 aliphatic heterocycles. The van der Waals surface area contributed by atoms with E-state index < -0.39 is 0 Å². The van der Waals surface area contributed by atoms with Crippen LogP contribution in [0.15, 0.2) is 0 Å². The number of rotatable bonds is 4. The Morgan fingerprint density at radius 1 is 0.632 bits per heavy atom. The van der Waals surface area contributed by atoms with Crippen LogP contribution in [0.3, 0.4) is 0 Å². The maximum Gasteiger partial charge on any atom is 0.0803 e. The summed E-state index contributed by atoms with van der Waals surface area (Å²) in [6.07, 6.45) is 2.61. The van der Waals surface area contributed by atoms with E-state index in [1.807, 2.05) is 0 Å². The monoisotopic (exact) mass is 276 g/mol. The Bertz CT molecular complexity index is 132. The lowest BCUT2D eigenvalue weighted by Crippen LogP contribution is -2.37. The third-order valence-corrected chi connectivity index (χ3v) is 2.55. The highest BCUT2D eigenvalue weighted by Crippen LogP contribution is 1.98. The van der Waals surface area contributed by atoms with Gasteiger partial charge in [-0.05, 0) is 11.8 Å². The van der Waals surface area contributed by atoms with E-state index in [0.29, 0.717) is 0 Å². The first-order chi connectivity index (χ1) is 7.96. The standard InChI is InChI=1S/C7H18N.2C5H12.CH4/c1-7(2)6-8(3,4)5;2*1-4-5(2)3;/h7H,6H2,1-5H3;2*5H,4H2,1-3H3;1H4/q+1;;;. The maximum absolute atomic E-state index is 2.25. The summed E-state index contributed by atoms with van der Waals surface area (Å²) in [6, 6.07) is 0. The summed E-state index contributed by atoms with van der Waals surface area (Å²) in [7, 11) is 6.67. The first-order valence-electron chi connectivity index (χ1n) is 7.76. The minimum absolute atomic E-state index is 0. The van der Waals surface area contributed by atoms with Crippen molar-refractivity contribution in [3.63, 3.8) is 0 Å². The molecular weight excluding hydrogens is 230 g/mol. The minimum Gasteiger partial charge on any atom is -0.331 e. The van der Waals surface area contributed by atoms with Crippen molar-refractivity contribution in [2.75, 3.05) is 27.7 Å². The first-order valence-corrected chi connectivity index (χ1v) is 7.76. The smallest absolute Gasteiger partial charge is 0.0803 e. The second-order valence-corrected chi connectivity index (χ2v) is 7.47. The zero-order valence-corrected chi connectivity index (χ0v) is 15.3. The van der Waals surface area contributed by atoms with E-state index in [-0.39, 0.29) is 7.43 Å². The van der Waals surface area contributed by atoms with Gasteiger partial charge in [0, 0.05) is 5.92 Å². The van der Waals surface area contributed by atoms with Crippen LogP contribution in [0.2, 0.25) is 0 Å². The van der Waals surface area contributed by atoms with Crippen molar-refractivity contribution in [3.8, 4) is 0 Å². The SMILES string of the molecule is C.CC(C)C[N+](C)(C)C.CCC(C)C.CCC(C)C. The van der Waals surface area contributed by atoms with Crippen LogP contribution in [0.1, 0.15) is 75.7 Å². The summed E-state index contributed by atoms with van der Waals surface area (Å²) in [4.78, 5) is 0. The van der Waals surface area contributed by atoms with Crippen LogP contribution in [0.25, 0.3) is 0 Å². The van der Waals surface area contributed by atoms with Crippen LogP contribution in [0.4, 0.5) is 0 Å². The zero-order chi connectivity index (χ0) is 15.4. The Labute approximate surface area is 126 Å². The molecule has 0 aliphatic carbocycles. The summed E-state index contributed by atoms with van der Waals surface area (Å²) < 4.78 is 1.08. The van der Waals surface area contributed by atoms with E-state index in [2.05, 4.69) is 76.5 Å². The molecule has 19 heavy (non-hydrogen) atoms. The predicted molar refractivity (Wildman–Crippen MR) is 94.7 cm³/mol. The van der Waals surface area contributed by atoms with E-state index in [9.17, 15) is 0 Å². The molecule has 0 bridgehead atoms. The summed E-state index contributed by atoms with van der Waals surface area (Å²) in [5.74, 6) is 2.58. The van der Waals surface area contributed by atoms with Crippen molar-refractivity contribution in [1.29, 1.82) is 0 Å². The normalized spacial score (nSPS) is 10.4. The van der Waals surface area contributed by atoms with E-state index >= 15 is 0 Å². The molecule has 0 aromatic rings. The molecule has 0 fully saturated rings. The average molecular weight is 277 g/mol. The molecule has 122 valence electrons. The van der Waals surface area contributed by atoms with Crippen molar-refractivity contribution >= 4 is 0 Å². The van der Waals surface area contributed by atoms with Gasteiger partial charge < -0.3 is 4.48 Å². The third-order valence-electron chi connectivity index (χ3n) is 2.55. The molecule has 0 amide bonds. The first kappa shape index (κ1) is 27.3. The largest absolute Gasteiger partial charge is 0.331 e. The van der Waals surface area contributed by atoms with Crippen molar-refractivity contribution in [3.05, 3.63) is 0 Å². The topological polar surface area (TPSA) is 0 Å². The van der Waals surface area contributed by atoms with Gasteiger partial charge in [0.2, 0.25) is 0 Å². The summed E-state index contributed by atoms with van der Waals surface area (Å²) in [5, 5.41) is 0. The fourth-order valence-corrected chi connectivity index (χ4v) is 1.10. The van der Waals surface area contributed by atoms with Crippen LogP contribution in [0.5, 0.6) is 0 Å². The predicted octanol–water partition coefficient (Wildman–Crippen LogP) is 6.09. The minimum atomic E-state index is 0. The molecule has 0 heterocycles. The molecule has 0 atom stereocenters. The van der Waals surface area contributed by atoms with Gasteiger partial charge in [0.05, 0.1) is 27.7 Å². The molecule has 0 unspecified atom stereocenters. The highest BCUT2D eigenvalue weighted by molar-refractivity contribution is 4.37. The average Bonchev–Trinajstić information content (AvgIpc) is 2.15. The number of hydrogen-bond acceptors (Lipinski definition) is 0. The van der Waals surface area contributed by atoms with Gasteiger partial charge in [-0.1, -0.05) is 75.7 Å². The number of quaternary nitrogens is 1. The Balaban J connectivity index is -0.0000000906. The van der Waals surface area contributed by atoms with Crippen molar-refractivity contribution in [2.24, 2.45) is 17.8 Å². The van der Waals surface area contributed by atoms with E-state index in [1.165, 1.54) is 19.4 Å². The molecule has 0 saturated heterocycles. The lowest BCUT2D eigenvalue weighted by atomic mass is 10.2. The molecule has 0 spiro atoms. The molecular formula is C18H46N+. The number of hydrogen-bond donors (Lipinski definition) is 0. The second-order valence-electron chi connectivity index (χ2n) is 7.47. The van der Waals surface area contributed by atoms with Gasteiger partial charge in [-0.3, -0.25) is 0 Å². The van der Waals surface area contributed by atoms with E-state index in [4.69, 9.17) is 0 Å². The van der Waals surface area contributed by atoms with Crippen molar-refractivity contribution in [2.45, 2.75) is 75.7 Å². The van der Waals surface area contributed by atoms with Gasteiger partial charge >= 0.3 is 0 Å². The highest BCUT2D eigenvalue weighted by Gasteiger charge is 2.08. The Morgan fingerprint density at radius 2 is 0.842 bits per heavy atom. The fourth-order valence-electron chi connectivity index (χ4n) is 1.10. The molecule has 1 heteroatoms. The molecule has 0 aromatic heterocycles. The van der Waals surface area contributed by atoms with Gasteiger partial charge in [-0.2, -0.15) is 0 Å². The fraction of sp³-hybridized carbons (Fsp3) is 1.00. The van der Waals surface area contributed by atoms with Gasteiger partial charge in [0.15, 0.2) is 0 Å². The maximum atomic E-state index is 2.25. The van der Waals surface area contributed by atoms with Crippen LogP contribution in [-0.4, -0.2) is 32.2 Å². The lowest BCUT2D eigenvalue weighted by Gasteiger charge is -2.25. The molecule has 0 aliphatic rings. The van der Waals surface area contributed by atoms with Crippen LogP contribution >= 0.6 is 0 Å². The summed E-state index contributed by atoms with van der Waals surface area (Å²) in [6.45, 7) is 19.1. The number of nitrogens with zero attached hydrogens (tertiary/aromatic N) is 1. The Kier molecular flexibility index (Phi) is 23.0. The second kappa shape index (κ2) is 16.0. The van der Waals surface area contributed by atoms with Crippen LogP contribution in [-0.2, 0) is 0 Å². The zero-order valence-electron chi connectivity index (χ0n) is 15.3. The Morgan fingerprint density at radius 3 is 0.842 bits per heavy atom. The van der Waals surface area contributed by atoms with E-state index in [0.717, 1.165) is 22.2 Å². The molecule has 0 aromatic carbocycles. The molecule has 0 radical (unpaired) electrons. The molecule has 0 saturated carbocycles. The third kappa shape index (κ3) is 57.0. The summed E-state index contributed by atoms with van der Waals surface area (Å²) in [5.41, 5.74) is 0. The van der Waals surface area contributed by atoms with Gasteiger partial charge in [-0.15, -0.1) is 0 Å². The van der Waals surface area contributed by atoms with Gasteiger partial charge in [0.25, 0.3) is 0 Å². The van der Waals surface area contributed by atoms with Crippen LogP contribution < -0.4 is 0 Å². The van der Waals surface area contributed by atoms with Crippen molar-refractivity contribution in [1.82, 2.24) is 0 Å². The quantitative estimate of drug-likeness (QED) is 0.545. The van der Waals surface area contributed by atoms with Gasteiger partial charge in [-0.25, -0.2) is 0 Å². The molecule has 0 rings (SSSR count). The molecule has 0 N–H and O–H groups in total. The lowest BCUT2D eigenvalue weighted by molar-refractivity contribution is -0.873. The van der Waals surface area contributed by atoms with Crippen molar-refractivity contribution < 1.29 is 4.48 Å². The van der Waals surface area contributed by atoms with Crippen LogP contribution in [0, 0.1) is 17.8 Å². The van der Waals surface area contributed by atoms with Gasteiger partial charge in [0.1, 0.15) is 0 Å². The highest BCUT2D eigenvalue weighted by atomic mass is 15.3. The Hall–Kier alpha value is -0.0400. The molecule has 1 nitrogen and oxygen atoms in total. The van der Waals surface area contributed by atoms with E-state index in [1.54, 1.807) is 0 Å².